The first kappa shape index (κ1) is 16.0. The maximum atomic E-state index is 11.5. The van der Waals surface area contributed by atoms with Crippen molar-refractivity contribution in [3.63, 3.8) is 0 Å². The molecule has 7 heteroatoms. The minimum Gasteiger partial charge on any atom is -0.497 e. The van der Waals surface area contributed by atoms with Gasteiger partial charge in [0.1, 0.15) is 17.2 Å². The number of aromatic nitrogens is 2. The van der Waals surface area contributed by atoms with E-state index in [1.807, 2.05) is 53.8 Å². The van der Waals surface area contributed by atoms with Gasteiger partial charge in [-0.05, 0) is 36.4 Å². The van der Waals surface area contributed by atoms with Gasteiger partial charge in [0.2, 0.25) is 0 Å². The lowest BCUT2D eigenvalue weighted by Crippen LogP contribution is -2.72. The van der Waals surface area contributed by atoms with Gasteiger partial charge < -0.3 is 14.8 Å². The number of fused-ring (bicyclic) bond motifs is 1. The van der Waals surface area contributed by atoms with Crippen LogP contribution in [0.4, 0.5) is 17.3 Å². The van der Waals surface area contributed by atoms with E-state index in [4.69, 9.17) is 9.47 Å². The Bertz CT molecular complexity index is 975. The Morgan fingerprint density at radius 2 is 2.12 bits per heavy atom. The zero-order valence-corrected chi connectivity index (χ0v) is 14.1. The van der Waals surface area contributed by atoms with Gasteiger partial charge >= 0.3 is 5.95 Å². The molecule has 1 aromatic heterocycles. The lowest BCUT2D eigenvalue weighted by atomic mass is 10.1. The highest BCUT2D eigenvalue weighted by molar-refractivity contribution is 5.96. The molecule has 26 heavy (non-hydrogen) atoms. The lowest BCUT2D eigenvalue weighted by molar-refractivity contribution is -0.487. The molecule has 2 aromatic carbocycles. The first-order valence-corrected chi connectivity index (χ1v) is 8.10. The second kappa shape index (κ2) is 6.81. The predicted octanol–water partition coefficient (Wildman–Crippen LogP) is 2.01. The summed E-state index contributed by atoms with van der Waals surface area (Å²) in [5, 5.41) is 4.69. The van der Waals surface area contributed by atoms with Crippen LogP contribution in [0.5, 0.6) is 11.5 Å². The SMILES string of the molecule is COc1cccc([NH2+]c2nccc(-c3ccc4c(c3)NC(=O)CO4)n2)c1. The van der Waals surface area contributed by atoms with Crippen molar-refractivity contribution >= 4 is 23.2 Å². The molecular formula is C19H17N4O3+. The van der Waals surface area contributed by atoms with E-state index in [0.717, 1.165) is 22.7 Å². The Hall–Kier alpha value is -3.45. The third-order valence-electron chi connectivity index (χ3n) is 3.97. The lowest BCUT2D eigenvalue weighted by Gasteiger charge is -2.18. The summed E-state index contributed by atoms with van der Waals surface area (Å²) in [6.07, 6.45) is 1.71. The van der Waals surface area contributed by atoms with Crippen molar-refractivity contribution in [3.05, 3.63) is 54.7 Å². The fraction of sp³-hybridized carbons (Fsp3) is 0.105. The summed E-state index contributed by atoms with van der Waals surface area (Å²) in [5.41, 5.74) is 3.23. The molecule has 0 saturated heterocycles. The fourth-order valence-corrected chi connectivity index (χ4v) is 2.73. The summed E-state index contributed by atoms with van der Waals surface area (Å²) in [7, 11) is 1.63. The van der Waals surface area contributed by atoms with Crippen LogP contribution in [0.1, 0.15) is 0 Å². The van der Waals surface area contributed by atoms with Crippen LogP contribution in [0.15, 0.2) is 54.7 Å². The molecule has 4 rings (SSSR count). The molecule has 0 fully saturated rings. The van der Waals surface area contributed by atoms with Gasteiger partial charge in [0.05, 0.1) is 18.5 Å². The molecule has 3 N–H and O–H groups in total. The van der Waals surface area contributed by atoms with E-state index in [2.05, 4.69) is 15.3 Å². The first-order valence-electron chi connectivity index (χ1n) is 8.10. The van der Waals surface area contributed by atoms with Crippen LogP contribution < -0.4 is 20.1 Å². The normalized spacial score (nSPS) is 12.7. The maximum absolute atomic E-state index is 11.5. The zero-order chi connectivity index (χ0) is 17.9. The van der Waals surface area contributed by atoms with Crippen LogP contribution in [-0.4, -0.2) is 29.6 Å². The molecule has 1 amide bonds. The molecule has 2 heterocycles. The number of hydrogen-bond acceptors (Lipinski definition) is 5. The van der Waals surface area contributed by atoms with Crippen LogP contribution in [0.2, 0.25) is 0 Å². The summed E-state index contributed by atoms with van der Waals surface area (Å²) in [6.45, 7) is 0.0412. The Labute approximate surface area is 150 Å². The van der Waals surface area contributed by atoms with Crippen molar-refractivity contribution in [2.24, 2.45) is 0 Å². The minimum absolute atomic E-state index is 0.0412. The monoisotopic (exact) mass is 349 g/mol. The number of hydrogen-bond donors (Lipinski definition) is 2. The number of rotatable bonds is 4. The molecule has 0 atom stereocenters. The summed E-state index contributed by atoms with van der Waals surface area (Å²) in [5.74, 6) is 1.86. The molecule has 0 saturated carbocycles. The molecule has 0 radical (unpaired) electrons. The van der Waals surface area contributed by atoms with Crippen molar-refractivity contribution in [3.8, 4) is 22.8 Å². The number of ether oxygens (including phenoxy) is 2. The number of nitrogens with two attached hydrogens (primary N) is 1. The topological polar surface area (TPSA) is 90.0 Å². The summed E-state index contributed by atoms with van der Waals surface area (Å²) < 4.78 is 10.6. The highest BCUT2D eigenvalue weighted by Crippen LogP contribution is 2.32. The van der Waals surface area contributed by atoms with E-state index >= 15 is 0 Å². The summed E-state index contributed by atoms with van der Waals surface area (Å²) >= 11 is 0. The van der Waals surface area contributed by atoms with E-state index in [9.17, 15) is 4.79 Å². The molecule has 130 valence electrons. The molecule has 1 aliphatic rings. The molecular weight excluding hydrogens is 332 g/mol. The third-order valence-corrected chi connectivity index (χ3v) is 3.97. The van der Waals surface area contributed by atoms with Crippen molar-refractivity contribution < 1.29 is 19.6 Å². The number of nitrogens with zero attached hydrogens (tertiary/aromatic N) is 2. The molecule has 0 bridgehead atoms. The van der Waals surface area contributed by atoms with Crippen LogP contribution in [0, 0.1) is 0 Å². The van der Waals surface area contributed by atoms with E-state index < -0.39 is 0 Å². The van der Waals surface area contributed by atoms with Gasteiger partial charge in [-0.25, -0.2) is 5.32 Å². The molecule has 3 aromatic rings. The molecule has 0 unspecified atom stereocenters. The number of nitrogens with one attached hydrogen (secondary N) is 1. The van der Waals surface area contributed by atoms with Crippen molar-refractivity contribution in [1.29, 1.82) is 0 Å². The first-order chi connectivity index (χ1) is 12.7. The summed E-state index contributed by atoms with van der Waals surface area (Å²) in [6, 6.07) is 15.1. The van der Waals surface area contributed by atoms with Crippen LogP contribution in [-0.2, 0) is 4.79 Å². The standard InChI is InChI=1S/C19H16N4O3/c1-25-14-4-2-3-13(10-14)21-19-20-8-7-15(23-19)12-5-6-17-16(9-12)22-18(24)11-26-17/h2-10H,11H2,1H3,(H,22,24)(H,20,21,23)/p+1. The quantitative estimate of drug-likeness (QED) is 0.703. The van der Waals surface area contributed by atoms with E-state index in [0.29, 0.717) is 17.4 Å². The van der Waals surface area contributed by atoms with Gasteiger partial charge in [-0.15, -0.1) is 0 Å². The smallest absolute Gasteiger partial charge is 0.331 e. The number of amides is 1. The second-order valence-electron chi connectivity index (χ2n) is 5.77. The number of carbonyl (C=O) groups is 1. The molecule has 0 spiro atoms. The van der Waals surface area contributed by atoms with Crippen molar-refractivity contribution in [2.75, 3.05) is 19.0 Å². The fourth-order valence-electron chi connectivity index (χ4n) is 2.73. The highest BCUT2D eigenvalue weighted by atomic mass is 16.5. The van der Waals surface area contributed by atoms with Gasteiger partial charge in [-0.2, -0.15) is 9.97 Å². The van der Waals surface area contributed by atoms with Crippen molar-refractivity contribution in [2.45, 2.75) is 0 Å². The van der Waals surface area contributed by atoms with Gasteiger partial charge in [0.25, 0.3) is 5.91 Å². The Morgan fingerprint density at radius 1 is 1.19 bits per heavy atom. The number of benzene rings is 2. The molecule has 1 aliphatic heterocycles. The molecule has 0 aliphatic carbocycles. The minimum atomic E-state index is -0.163. The second-order valence-corrected chi connectivity index (χ2v) is 5.77. The van der Waals surface area contributed by atoms with E-state index in [1.165, 1.54) is 0 Å². The van der Waals surface area contributed by atoms with Crippen molar-refractivity contribution in [1.82, 2.24) is 9.97 Å². The van der Waals surface area contributed by atoms with Gasteiger partial charge in [0.15, 0.2) is 6.61 Å². The van der Waals surface area contributed by atoms with Gasteiger partial charge in [0, 0.05) is 17.8 Å². The Kier molecular flexibility index (Phi) is 4.20. The maximum Gasteiger partial charge on any atom is 0.331 e. The van der Waals surface area contributed by atoms with Crippen LogP contribution >= 0.6 is 0 Å². The van der Waals surface area contributed by atoms with E-state index in [1.54, 1.807) is 13.3 Å². The Balaban J connectivity index is 1.61. The predicted molar refractivity (Wildman–Crippen MR) is 95.8 cm³/mol. The molecule has 7 nitrogen and oxygen atoms in total. The summed E-state index contributed by atoms with van der Waals surface area (Å²) in [4.78, 5) is 20.4. The largest absolute Gasteiger partial charge is 0.497 e. The number of anilines is 1. The Morgan fingerprint density at radius 3 is 3.00 bits per heavy atom. The average Bonchev–Trinajstić information content (AvgIpc) is 2.68. The third kappa shape index (κ3) is 3.33. The zero-order valence-electron chi connectivity index (χ0n) is 14.1. The number of carbonyl (C=O) groups excluding carboxylic acids is 1. The number of quaternary nitrogens is 1. The van der Waals surface area contributed by atoms with Gasteiger partial charge in [-0.1, -0.05) is 6.07 Å². The highest BCUT2D eigenvalue weighted by Gasteiger charge is 2.17. The average molecular weight is 349 g/mol. The van der Waals surface area contributed by atoms with Gasteiger partial charge in [-0.3, -0.25) is 4.79 Å². The van der Waals surface area contributed by atoms with E-state index in [-0.39, 0.29) is 12.5 Å². The van der Waals surface area contributed by atoms with Crippen LogP contribution in [0.3, 0.4) is 0 Å². The van der Waals surface area contributed by atoms with Crippen LogP contribution in [0.25, 0.3) is 11.3 Å². The number of methoxy groups -OCH3 is 1.